The van der Waals surface area contributed by atoms with Crippen molar-refractivity contribution in [2.75, 3.05) is 5.32 Å². The molecule has 1 atom stereocenters. The van der Waals surface area contributed by atoms with Crippen LogP contribution < -0.4 is 5.32 Å². The van der Waals surface area contributed by atoms with Crippen LogP contribution in [-0.2, 0) is 4.79 Å². The zero-order valence-electron chi connectivity index (χ0n) is 15.5. The number of benzene rings is 2. The molecule has 140 valence electrons. The lowest BCUT2D eigenvalue weighted by Crippen LogP contribution is -2.22. The molecule has 0 fully saturated rings. The molecule has 0 aliphatic carbocycles. The highest BCUT2D eigenvalue weighted by Gasteiger charge is 2.19. The van der Waals surface area contributed by atoms with Gasteiger partial charge in [-0.3, -0.25) is 4.79 Å². The standard InChI is InChI=1S/C21H19N5OS/c1-14-8-10-16(11-9-14)25-20(27)15(2)28-21-18-12-24-26(19(18)22-13-23-21)17-6-4-3-5-7-17/h3-13,15H,1-2H3,(H,25,27)/t15-/m0/s1. The summed E-state index contributed by atoms with van der Waals surface area (Å²) in [6, 6.07) is 17.6. The van der Waals surface area contributed by atoms with Gasteiger partial charge in [0, 0.05) is 5.69 Å². The minimum Gasteiger partial charge on any atom is -0.325 e. The maximum Gasteiger partial charge on any atom is 0.237 e. The van der Waals surface area contributed by atoms with E-state index in [4.69, 9.17) is 0 Å². The van der Waals surface area contributed by atoms with Crippen LogP contribution in [0, 0.1) is 6.92 Å². The van der Waals surface area contributed by atoms with Crippen LogP contribution in [0.5, 0.6) is 0 Å². The van der Waals surface area contributed by atoms with Crippen LogP contribution in [0.1, 0.15) is 12.5 Å². The van der Waals surface area contributed by atoms with Crippen molar-refractivity contribution < 1.29 is 4.79 Å². The number of carbonyl (C=O) groups excluding carboxylic acids is 1. The van der Waals surface area contributed by atoms with Crippen LogP contribution >= 0.6 is 11.8 Å². The Balaban J connectivity index is 1.55. The van der Waals surface area contributed by atoms with Gasteiger partial charge in [-0.05, 0) is 38.1 Å². The Bertz CT molecular complexity index is 1110. The third kappa shape index (κ3) is 3.75. The Morgan fingerprint density at radius 2 is 1.82 bits per heavy atom. The van der Waals surface area contributed by atoms with Gasteiger partial charge < -0.3 is 5.32 Å². The zero-order chi connectivity index (χ0) is 19.5. The first-order valence-electron chi connectivity index (χ1n) is 8.90. The van der Waals surface area contributed by atoms with Crippen LogP contribution in [-0.4, -0.2) is 30.9 Å². The molecule has 1 N–H and O–H groups in total. The molecular weight excluding hydrogens is 370 g/mol. The summed E-state index contributed by atoms with van der Waals surface area (Å²) in [5.74, 6) is -0.0731. The van der Waals surface area contributed by atoms with E-state index >= 15 is 0 Å². The number of rotatable bonds is 5. The number of carbonyl (C=O) groups is 1. The van der Waals surface area contributed by atoms with Crippen molar-refractivity contribution in [3.05, 3.63) is 72.7 Å². The van der Waals surface area contributed by atoms with Crippen molar-refractivity contribution in [3.63, 3.8) is 0 Å². The second-order valence-corrected chi connectivity index (χ2v) is 7.75. The number of anilines is 1. The van der Waals surface area contributed by atoms with Gasteiger partial charge in [0.15, 0.2) is 5.65 Å². The molecule has 0 spiro atoms. The number of hydrogen-bond acceptors (Lipinski definition) is 5. The average Bonchev–Trinajstić information content (AvgIpc) is 3.15. The monoisotopic (exact) mass is 389 g/mol. The van der Waals surface area contributed by atoms with Crippen molar-refractivity contribution in [2.45, 2.75) is 24.1 Å². The number of thioether (sulfide) groups is 1. The van der Waals surface area contributed by atoms with Crippen LogP contribution in [0.3, 0.4) is 0 Å². The summed E-state index contributed by atoms with van der Waals surface area (Å²) in [5.41, 5.74) is 3.58. The van der Waals surface area contributed by atoms with E-state index in [9.17, 15) is 4.79 Å². The Hall–Kier alpha value is -3.19. The van der Waals surface area contributed by atoms with Gasteiger partial charge in [0.2, 0.25) is 5.91 Å². The van der Waals surface area contributed by atoms with E-state index in [1.807, 2.05) is 68.4 Å². The SMILES string of the molecule is Cc1ccc(NC(=O)[C@H](C)Sc2ncnc3c2cnn3-c2ccccc2)cc1. The molecule has 0 aliphatic rings. The fourth-order valence-corrected chi connectivity index (χ4v) is 3.66. The van der Waals surface area contributed by atoms with E-state index in [2.05, 4.69) is 20.4 Å². The molecule has 2 heterocycles. The number of fused-ring (bicyclic) bond motifs is 1. The highest BCUT2D eigenvalue weighted by molar-refractivity contribution is 8.00. The molecule has 0 bridgehead atoms. The Labute approximate surface area is 167 Å². The Morgan fingerprint density at radius 1 is 1.07 bits per heavy atom. The maximum atomic E-state index is 12.6. The highest BCUT2D eigenvalue weighted by Crippen LogP contribution is 2.29. The summed E-state index contributed by atoms with van der Waals surface area (Å²) in [7, 11) is 0. The predicted octanol–water partition coefficient (Wildman–Crippen LogP) is 4.24. The number of nitrogens with zero attached hydrogens (tertiary/aromatic N) is 4. The van der Waals surface area contributed by atoms with Crippen LogP contribution in [0.25, 0.3) is 16.7 Å². The first-order chi connectivity index (χ1) is 13.6. The van der Waals surface area contributed by atoms with Crippen molar-refractivity contribution in [3.8, 4) is 5.69 Å². The predicted molar refractivity (Wildman–Crippen MR) is 112 cm³/mol. The molecule has 0 radical (unpaired) electrons. The Kier molecular flexibility index (Phi) is 5.08. The number of hydrogen-bond donors (Lipinski definition) is 1. The lowest BCUT2D eigenvalue weighted by Gasteiger charge is -2.12. The van der Waals surface area contributed by atoms with E-state index in [0.717, 1.165) is 33.0 Å². The van der Waals surface area contributed by atoms with Gasteiger partial charge in [0.25, 0.3) is 0 Å². The molecule has 2 aromatic heterocycles. The van der Waals surface area contributed by atoms with E-state index in [-0.39, 0.29) is 11.2 Å². The summed E-state index contributed by atoms with van der Waals surface area (Å²) in [5, 5.41) is 8.64. The van der Waals surface area contributed by atoms with Crippen molar-refractivity contribution in [2.24, 2.45) is 0 Å². The summed E-state index contributed by atoms with van der Waals surface area (Å²) in [4.78, 5) is 21.3. The van der Waals surface area contributed by atoms with Gasteiger partial charge >= 0.3 is 0 Å². The first kappa shape index (κ1) is 18.2. The molecule has 28 heavy (non-hydrogen) atoms. The molecule has 0 aliphatic heterocycles. The first-order valence-corrected chi connectivity index (χ1v) is 9.78. The van der Waals surface area contributed by atoms with Crippen molar-refractivity contribution >= 4 is 34.4 Å². The highest BCUT2D eigenvalue weighted by atomic mass is 32.2. The lowest BCUT2D eigenvalue weighted by molar-refractivity contribution is -0.115. The van der Waals surface area contributed by atoms with Crippen molar-refractivity contribution in [1.29, 1.82) is 0 Å². The molecule has 0 unspecified atom stereocenters. The fraction of sp³-hybridized carbons (Fsp3) is 0.143. The number of nitrogens with one attached hydrogen (secondary N) is 1. The molecule has 1 amide bonds. The molecule has 0 saturated carbocycles. The van der Waals surface area contributed by atoms with Gasteiger partial charge in [-0.1, -0.05) is 47.7 Å². The van der Waals surface area contributed by atoms with Crippen LogP contribution in [0.15, 0.2) is 72.1 Å². The van der Waals surface area contributed by atoms with Gasteiger partial charge in [-0.15, -0.1) is 0 Å². The van der Waals surface area contributed by atoms with Crippen LogP contribution in [0.4, 0.5) is 5.69 Å². The summed E-state index contributed by atoms with van der Waals surface area (Å²) in [6.45, 7) is 3.88. The second-order valence-electron chi connectivity index (χ2n) is 6.42. The zero-order valence-corrected chi connectivity index (χ0v) is 16.4. The molecule has 2 aromatic carbocycles. The third-order valence-corrected chi connectivity index (χ3v) is 5.42. The maximum absolute atomic E-state index is 12.6. The molecule has 0 saturated heterocycles. The van der Waals surface area contributed by atoms with E-state index in [1.54, 1.807) is 10.9 Å². The molecular formula is C21H19N5OS. The minimum absolute atomic E-state index is 0.0731. The summed E-state index contributed by atoms with van der Waals surface area (Å²) in [6.07, 6.45) is 3.26. The van der Waals surface area contributed by atoms with E-state index in [1.165, 1.54) is 18.1 Å². The average molecular weight is 389 g/mol. The number of aryl methyl sites for hydroxylation is 1. The normalized spacial score (nSPS) is 12.1. The topological polar surface area (TPSA) is 72.7 Å². The van der Waals surface area contributed by atoms with E-state index < -0.39 is 0 Å². The summed E-state index contributed by atoms with van der Waals surface area (Å²) < 4.78 is 1.78. The van der Waals surface area contributed by atoms with Gasteiger partial charge in [0.05, 0.1) is 22.5 Å². The fourth-order valence-electron chi connectivity index (χ4n) is 2.78. The Morgan fingerprint density at radius 3 is 2.57 bits per heavy atom. The third-order valence-electron chi connectivity index (χ3n) is 4.31. The number of para-hydroxylation sites is 1. The van der Waals surface area contributed by atoms with Gasteiger partial charge in [0.1, 0.15) is 11.4 Å². The van der Waals surface area contributed by atoms with Gasteiger partial charge in [-0.2, -0.15) is 5.10 Å². The number of aromatic nitrogens is 4. The smallest absolute Gasteiger partial charge is 0.237 e. The molecule has 4 aromatic rings. The van der Waals surface area contributed by atoms with Crippen LogP contribution in [0.2, 0.25) is 0 Å². The lowest BCUT2D eigenvalue weighted by atomic mass is 10.2. The molecule has 7 heteroatoms. The van der Waals surface area contributed by atoms with E-state index in [0.29, 0.717) is 0 Å². The van der Waals surface area contributed by atoms with Gasteiger partial charge in [-0.25, -0.2) is 14.6 Å². The quantitative estimate of drug-likeness (QED) is 0.408. The summed E-state index contributed by atoms with van der Waals surface area (Å²) >= 11 is 1.40. The molecule has 4 rings (SSSR count). The minimum atomic E-state index is -0.320. The largest absolute Gasteiger partial charge is 0.325 e. The molecule has 6 nitrogen and oxygen atoms in total. The number of amides is 1. The van der Waals surface area contributed by atoms with Crippen molar-refractivity contribution in [1.82, 2.24) is 19.7 Å². The second kappa shape index (κ2) is 7.82.